The smallest absolute Gasteiger partial charge is 0.324 e. The number of carbonyl (C=O) groups is 2. The Bertz CT molecular complexity index is 1030. The Balaban J connectivity index is 1.69. The second-order valence-electron chi connectivity index (χ2n) is 7.25. The highest BCUT2D eigenvalue weighted by molar-refractivity contribution is 8.11. The van der Waals surface area contributed by atoms with Crippen molar-refractivity contribution < 1.29 is 9.59 Å². The minimum Gasteiger partial charge on any atom is -0.397 e. The van der Waals surface area contributed by atoms with Crippen LogP contribution in [-0.2, 0) is 4.79 Å². The van der Waals surface area contributed by atoms with E-state index in [1.54, 1.807) is 18.5 Å². The van der Waals surface area contributed by atoms with Crippen molar-refractivity contribution in [1.29, 1.82) is 0 Å². The van der Waals surface area contributed by atoms with Crippen LogP contribution in [0.5, 0.6) is 0 Å². The van der Waals surface area contributed by atoms with Gasteiger partial charge in [0.25, 0.3) is 0 Å². The molecular weight excluding hydrogens is 422 g/mol. The number of aromatic nitrogens is 3. The number of carbonyl (C=O) groups excluding carboxylic acids is 2. The number of nitrogens with zero attached hydrogens (tertiary/aromatic N) is 3. The highest BCUT2D eigenvalue weighted by atomic mass is 32.2. The predicted octanol–water partition coefficient (Wildman–Crippen LogP) is 3.02. The van der Waals surface area contributed by atoms with Crippen LogP contribution in [0.15, 0.2) is 18.2 Å². The van der Waals surface area contributed by atoms with E-state index in [1.165, 1.54) is 28.0 Å². The maximum atomic E-state index is 12.7. The SMILES string of the molecule is C=C(S/C=C(\N)c1sc(NC(=O)N2CCC[C@@]2(C)C(N)=O)nc1C)c1cnc(C)[nH]1. The number of amides is 3. The van der Waals surface area contributed by atoms with E-state index in [-0.39, 0.29) is 0 Å². The standard InChI is InChI=1S/C19H25N7O2S2/c1-10-15(13(20)9-29-11(2)14-8-22-12(3)24-14)30-17(23-10)25-18(28)26-7-5-6-19(26,4)16(21)27/h8-9H,2,5-7,20H2,1,3-4H3,(H2,21,27)(H,22,24)(H,23,25,28)/b13-9-/t19-/m0/s1. The largest absolute Gasteiger partial charge is 0.397 e. The van der Waals surface area contributed by atoms with E-state index in [0.29, 0.717) is 29.5 Å². The number of aromatic amines is 1. The Morgan fingerprint density at radius 2 is 2.17 bits per heavy atom. The molecule has 3 heterocycles. The van der Waals surface area contributed by atoms with Gasteiger partial charge in [-0.2, -0.15) is 0 Å². The molecular formula is C19H25N7O2S2. The van der Waals surface area contributed by atoms with Gasteiger partial charge in [-0.05, 0) is 33.6 Å². The number of thioether (sulfide) groups is 1. The van der Waals surface area contributed by atoms with Gasteiger partial charge in [-0.25, -0.2) is 14.8 Å². The Labute approximate surface area is 183 Å². The molecule has 0 aromatic carbocycles. The lowest BCUT2D eigenvalue weighted by Crippen LogP contribution is -2.55. The van der Waals surface area contributed by atoms with Gasteiger partial charge in [-0.1, -0.05) is 29.7 Å². The number of aryl methyl sites for hydroxylation is 2. The summed E-state index contributed by atoms with van der Waals surface area (Å²) in [6, 6.07) is -0.394. The Hall–Kier alpha value is -2.79. The first kappa shape index (κ1) is 21.9. The van der Waals surface area contributed by atoms with E-state index in [0.717, 1.165) is 27.7 Å². The Morgan fingerprint density at radius 1 is 1.43 bits per heavy atom. The third kappa shape index (κ3) is 4.36. The molecule has 160 valence electrons. The Kier molecular flexibility index (Phi) is 6.22. The number of H-pyrrole nitrogens is 1. The second kappa shape index (κ2) is 8.52. The van der Waals surface area contributed by atoms with Crippen molar-refractivity contribution in [3.05, 3.63) is 40.3 Å². The quantitative estimate of drug-likeness (QED) is 0.536. The lowest BCUT2D eigenvalue weighted by Gasteiger charge is -2.31. The van der Waals surface area contributed by atoms with E-state index in [9.17, 15) is 9.59 Å². The molecule has 6 N–H and O–H groups in total. The lowest BCUT2D eigenvalue weighted by atomic mass is 9.98. The highest BCUT2D eigenvalue weighted by Crippen LogP contribution is 2.33. The molecule has 11 heteroatoms. The van der Waals surface area contributed by atoms with Crippen molar-refractivity contribution in [2.24, 2.45) is 11.5 Å². The molecule has 1 fully saturated rings. The summed E-state index contributed by atoms with van der Waals surface area (Å²) >= 11 is 2.65. The molecule has 0 aliphatic carbocycles. The van der Waals surface area contributed by atoms with E-state index in [2.05, 4.69) is 26.8 Å². The van der Waals surface area contributed by atoms with Crippen LogP contribution in [0.4, 0.5) is 9.93 Å². The van der Waals surface area contributed by atoms with Gasteiger partial charge in [0.2, 0.25) is 5.91 Å². The third-order valence-corrected chi connectivity index (χ3v) is 7.02. The van der Waals surface area contributed by atoms with Gasteiger partial charge in [0, 0.05) is 16.9 Å². The van der Waals surface area contributed by atoms with Gasteiger partial charge in [-0.3, -0.25) is 10.1 Å². The molecule has 0 unspecified atom stereocenters. The van der Waals surface area contributed by atoms with Gasteiger partial charge in [0.05, 0.1) is 28.2 Å². The van der Waals surface area contributed by atoms with Crippen LogP contribution in [0.3, 0.4) is 0 Å². The fourth-order valence-corrected chi connectivity index (χ4v) is 4.81. The number of likely N-dealkylation sites (tertiary alicyclic amines) is 1. The van der Waals surface area contributed by atoms with Crippen molar-refractivity contribution >= 4 is 50.8 Å². The molecule has 0 saturated carbocycles. The summed E-state index contributed by atoms with van der Waals surface area (Å²) in [5, 5.41) is 4.97. The third-order valence-electron chi connectivity index (χ3n) is 5.02. The predicted molar refractivity (Wildman–Crippen MR) is 122 cm³/mol. The van der Waals surface area contributed by atoms with Gasteiger partial charge in [-0.15, -0.1) is 0 Å². The molecule has 0 bridgehead atoms. The minimum atomic E-state index is -0.986. The average Bonchev–Trinajstić information content (AvgIpc) is 3.38. The van der Waals surface area contributed by atoms with Crippen molar-refractivity contribution in [1.82, 2.24) is 19.9 Å². The normalized spacial score (nSPS) is 19.2. The summed E-state index contributed by atoms with van der Waals surface area (Å²) in [5.41, 5.74) is 12.8. The number of primary amides is 1. The second-order valence-corrected chi connectivity index (χ2v) is 9.22. The number of rotatable bonds is 6. The van der Waals surface area contributed by atoms with E-state index < -0.39 is 17.5 Å². The number of urea groups is 1. The molecule has 1 atom stereocenters. The van der Waals surface area contributed by atoms with Crippen LogP contribution < -0.4 is 16.8 Å². The summed E-state index contributed by atoms with van der Waals surface area (Å²) < 4.78 is 0. The molecule has 1 saturated heterocycles. The maximum Gasteiger partial charge on any atom is 0.324 e. The zero-order valence-electron chi connectivity index (χ0n) is 17.1. The maximum absolute atomic E-state index is 12.7. The van der Waals surface area contributed by atoms with Gasteiger partial charge < -0.3 is 21.4 Å². The molecule has 3 amide bonds. The summed E-state index contributed by atoms with van der Waals surface area (Å²) in [6.07, 6.45) is 2.99. The molecule has 0 radical (unpaired) electrons. The topological polar surface area (TPSA) is 143 Å². The van der Waals surface area contributed by atoms with E-state index >= 15 is 0 Å². The van der Waals surface area contributed by atoms with Crippen molar-refractivity contribution in [2.75, 3.05) is 11.9 Å². The van der Waals surface area contributed by atoms with Crippen LogP contribution in [0.25, 0.3) is 10.6 Å². The first-order valence-corrected chi connectivity index (χ1v) is 11.0. The summed E-state index contributed by atoms with van der Waals surface area (Å²) in [4.78, 5) is 39.2. The molecule has 1 aliphatic heterocycles. The molecule has 9 nitrogen and oxygen atoms in total. The zero-order chi connectivity index (χ0) is 22.1. The van der Waals surface area contributed by atoms with Crippen molar-refractivity contribution in [3.63, 3.8) is 0 Å². The fraction of sp³-hybridized carbons (Fsp3) is 0.368. The van der Waals surface area contributed by atoms with Gasteiger partial charge in [0.15, 0.2) is 5.13 Å². The van der Waals surface area contributed by atoms with Gasteiger partial charge >= 0.3 is 6.03 Å². The average molecular weight is 448 g/mol. The van der Waals surface area contributed by atoms with Crippen molar-refractivity contribution in [3.8, 4) is 0 Å². The van der Waals surface area contributed by atoms with Crippen LogP contribution in [0.1, 0.15) is 41.9 Å². The van der Waals surface area contributed by atoms with Crippen LogP contribution in [0.2, 0.25) is 0 Å². The fourth-order valence-electron chi connectivity index (χ4n) is 3.24. The molecule has 2 aromatic heterocycles. The first-order chi connectivity index (χ1) is 14.1. The number of anilines is 1. The van der Waals surface area contributed by atoms with Gasteiger partial charge in [0.1, 0.15) is 11.4 Å². The lowest BCUT2D eigenvalue weighted by molar-refractivity contribution is -0.126. The summed E-state index contributed by atoms with van der Waals surface area (Å²) in [7, 11) is 0. The molecule has 3 rings (SSSR count). The number of imidazole rings is 1. The molecule has 2 aromatic rings. The molecule has 0 spiro atoms. The minimum absolute atomic E-state index is 0.394. The molecule has 30 heavy (non-hydrogen) atoms. The number of thiazole rings is 1. The number of nitrogens with one attached hydrogen (secondary N) is 2. The van der Waals surface area contributed by atoms with E-state index in [4.69, 9.17) is 11.5 Å². The van der Waals surface area contributed by atoms with Crippen LogP contribution in [0, 0.1) is 13.8 Å². The number of nitrogens with two attached hydrogens (primary N) is 2. The summed E-state index contributed by atoms with van der Waals surface area (Å²) in [6.45, 7) is 9.87. The first-order valence-electron chi connectivity index (χ1n) is 9.31. The van der Waals surface area contributed by atoms with Crippen LogP contribution in [-0.4, -0.2) is 43.9 Å². The van der Waals surface area contributed by atoms with Crippen LogP contribution >= 0.6 is 23.1 Å². The highest BCUT2D eigenvalue weighted by Gasteiger charge is 2.44. The molecule has 1 aliphatic rings. The Morgan fingerprint density at radius 3 is 2.80 bits per heavy atom. The zero-order valence-corrected chi connectivity index (χ0v) is 18.7. The van der Waals surface area contributed by atoms with E-state index in [1.807, 2.05) is 13.8 Å². The summed E-state index contributed by atoms with van der Waals surface area (Å²) in [5.74, 6) is 0.302. The van der Waals surface area contributed by atoms with Crippen molar-refractivity contribution in [2.45, 2.75) is 39.2 Å². The number of hydrogen-bond acceptors (Lipinski definition) is 7. The monoisotopic (exact) mass is 447 g/mol. The number of hydrogen-bond donors (Lipinski definition) is 4.